The van der Waals surface area contributed by atoms with Crippen LogP contribution in [0.25, 0.3) is 11.4 Å². The summed E-state index contributed by atoms with van der Waals surface area (Å²) in [5.74, 6) is -0.110. The Morgan fingerprint density at radius 3 is 2.86 bits per heavy atom. The zero-order valence-corrected chi connectivity index (χ0v) is 16.0. The molecule has 1 aliphatic carbocycles. The van der Waals surface area contributed by atoms with Crippen molar-refractivity contribution in [2.75, 3.05) is 19.7 Å². The number of hydrogen-bond donors (Lipinski definition) is 1. The summed E-state index contributed by atoms with van der Waals surface area (Å²) in [5, 5.41) is 7.06. The molecule has 28 heavy (non-hydrogen) atoms. The fraction of sp³-hybridized carbons (Fsp3) is 0.429. The van der Waals surface area contributed by atoms with Crippen LogP contribution in [0.15, 0.2) is 42.6 Å². The molecule has 1 fully saturated rings. The van der Waals surface area contributed by atoms with Gasteiger partial charge in [-0.3, -0.25) is 19.7 Å². The lowest BCUT2D eigenvalue weighted by Gasteiger charge is -2.31. The highest BCUT2D eigenvalue weighted by Gasteiger charge is 2.46. The van der Waals surface area contributed by atoms with Gasteiger partial charge < -0.3 is 9.64 Å². The van der Waals surface area contributed by atoms with Gasteiger partial charge in [-0.25, -0.2) is 0 Å². The van der Waals surface area contributed by atoms with Gasteiger partial charge in [-0.2, -0.15) is 5.10 Å². The van der Waals surface area contributed by atoms with Crippen LogP contribution in [0.1, 0.15) is 24.3 Å². The van der Waals surface area contributed by atoms with Gasteiger partial charge in [0.05, 0.1) is 18.2 Å². The first-order chi connectivity index (χ1) is 13.6. The van der Waals surface area contributed by atoms with Crippen LogP contribution >= 0.6 is 0 Å². The summed E-state index contributed by atoms with van der Waals surface area (Å²) >= 11 is 0. The van der Waals surface area contributed by atoms with Crippen LogP contribution < -0.4 is 0 Å². The van der Waals surface area contributed by atoms with E-state index < -0.39 is 0 Å². The van der Waals surface area contributed by atoms with Crippen LogP contribution in [0.2, 0.25) is 0 Å². The van der Waals surface area contributed by atoms with E-state index >= 15 is 0 Å². The number of aromatic amines is 1. The highest BCUT2D eigenvalue weighted by molar-refractivity contribution is 5.93. The van der Waals surface area contributed by atoms with Gasteiger partial charge in [-0.05, 0) is 42.9 Å². The maximum Gasteiger partial charge on any atom is 0.309 e. The number of rotatable bonds is 4. The van der Waals surface area contributed by atoms with Crippen molar-refractivity contribution >= 4 is 11.9 Å². The maximum atomic E-state index is 13.0. The van der Waals surface area contributed by atoms with Gasteiger partial charge in [0.15, 0.2) is 0 Å². The van der Waals surface area contributed by atoms with Gasteiger partial charge in [-0.1, -0.05) is 25.1 Å². The molecule has 146 valence electrons. The van der Waals surface area contributed by atoms with Crippen molar-refractivity contribution in [1.82, 2.24) is 20.1 Å². The van der Waals surface area contributed by atoms with Crippen LogP contribution in [-0.4, -0.2) is 51.7 Å². The molecule has 2 aromatic rings. The second-order valence-corrected chi connectivity index (χ2v) is 7.44. The summed E-state index contributed by atoms with van der Waals surface area (Å²) in [6.45, 7) is 5.36. The van der Waals surface area contributed by atoms with Crippen molar-refractivity contribution < 1.29 is 14.3 Å². The number of esters is 1. The Hall–Kier alpha value is -2.96. The maximum absolute atomic E-state index is 13.0. The first-order valence-electron chi connectivity index (χ1n) is 9.69. The lowest BCUT2D eigenvalue weighted by atomic mass is 9.72. The number of nitrogens with one attached hydrogen (secondary N) is 1. The Labute approximate surface area is 163 Å². The van der Waals surface area contributed by atoms with E-state index in [0.29, 0.717) is 36.8 Å². The summed E-state index contributed by atoms with van der Waals surface area (Å²) in [5.41, 5.74) is 1.79. The van der Waals surface area contributed by atoms with Gasteiger partial charge in [0, 0.05) is 19.3 Å². The molecule has 4 atom stereocenters. The second kappa shape index (κ2) is 7.58. The summed E-state index contributed by atoms with van der Waals surface area (Å²) in [7, 11) is 0. The first kappa shape index (κ1) is 18.4. The van der Waals surface area contributed by atoms with E-state index in [1.165, 1.54) is 0 Å². The Morgan fingerprint density at radius 1 is 1.25 bits per heavy atom. The first-order valence-corrected chi connectivity index (χ1v) is 9.69. The summed E-state index contributed by atoms with van der Waals surface area (Å²) in [6.07, 6.45) is 5.91. The Morgan fingerprint density at radius 2 is 2.11 bits per heavy atom. The van der Waals surface area contributed by atoms with Crippen molar-refractivity contribution in [3.8, 4) is 11.4 Å². The summed E-state index contributed by atoms with van der Waals surface area (Å²) < 4.78 is 5.29. The van der Waals surface area contributed by atoms with E-state index in [1.807, 2.05) is 32.0 Å². The monoisotopic (exact) mass is 380 g/mol. The highest BCUT2D eigenvalue weighted by atomic mass is 16.5. The molecule has 2 aromatic heterocycles. The standard InChI is InChI=1S/C21H24N4O3/c1-3-28-21(27)19-13(2)7-8-14-11-25(12-15(14)19)20(26)18-10-17(23-24-18)16-6-4-5-9-22-16/h4-10,13-15,19H,3,11-12H2,1-2H3,(H,23,24)/t13-,14-,15-,19-/m0/s1. The predicted octanol–water partition coefficient (Wildman–Crippen LogP) is 2.55. The number of H-pyrrole nitrogens is 1. The van der Waals surface area contributed by atoms with Crippen molar-refractivity contribution in [1.29, 1.82) is 0 Å². The minimum absolute atomic E-state index is 0.0844. The number of ether oxygens (including phenoxy) is 1. The van der Waals surface area contributed by atoms with Crippen LogP contribution in [-0.2, 0) is 9.53 Å². The fourth-order valence-corrected chi connectivity index (χ4v) is 4.31. The number of pyridine rings is 1. The third kappa shape index (κ3) is 3.32. The van der Waals surface area contributed by atoms with Crippen molar-refractivity contribution in [3.05, 3.63) is 48.3 Å². The van der Waals surface area contributed by atoms with Crippen molar-refractivity contribution in [3.63, 3.8) is 0 Å². The van der Waals surface area contributed by atoms with Gasteiger partial charge in [0.1, 0.15) is 11.4 Å². The zero-order chi connectivity index (χ0) is 19.7. The van der Waals surface area contributed by atoms with E-state index in [9.17, 15) is 9.59 Å². The molecule has 0 unspecified atom stereocenters. The molecule has 0 bridgehead atoms. The normalized spacial score (nSPS) is 26.1. The van der Waals surface area contributed by atoms with E-state index in [-0.39, 0.29) is 35.5 Å². The third-order valence-electron chi connectivity index (χ3n) is 5.68. The minimum atomic E-state index is -0.210. The number of fused-ring (bicyclic) bond motifs is 1. The molecular formula is C21H24N4O3. The quantitative estimate of drug-likeness (QED) is 0.650. The number of hydrogen-bond acceptors (Lipinski definition) is 5. The van der Waals surface area contributed by atoms with Crippen LogP contribution in [0.3, 0.4) is 0 Å². The molecule has 1 saturated heterocycles. The van der Waals surface area contributed by atoms with E-state index in [4.69, 9.17) is 4.74 Å². The van der Waals surface area contributed by atoms with Gasteiger partial charge in [0.2, 0.25) is 0 Å². The average molecular weight is 380 g/mol. The predicted molar refractivity (Wildman–Crippen MR) is 103 cm³/mol. The Kier molecular flexibility index (Phi) is 4.98. The zero-order valence-electron chi connectivity index (χ0n) is 16.0. The molecule has 4 rings (SSSR count). The molecule has 0 aromatic carbocycles. The van der Waals surface area contributed by atoms with Crippen LogP contribution in [0.4, 0.5) is 0 Å². The summed E-state index contributed by atoms with van der Waals surface area (Å²) in [6, 6.07) is 7.30. The summed E-state index contributed by atoms with van der Waals surface area (Å²) in [4.78, 5) is 31.6. The minimum Gasteiger partial charge on any atom is -0.466 e. The van der Waals surface area contributed by atoms with Gasteiger partial charge >= 0.3 is 5.97 Å². The SMILES string of the molecule is CCOC(=O)[C@@H]1[C@H]2CN(C(=O)c3cc(-c4ccccn4)n[nH]3)C[C@@H]2C=C[C@@H]1C. The van der Waals surface area contributed by atoms with Gasteiger partial charge in [-0.15, -0.1) is 0 Å². The highest BCUT2D eigenvalue weighted by Crippen LogP contribution is 2.40. The largest absolute Gasteiger partial charge is 0.466 e. The molecule has 7 heteroatoms. The molecule has 0 radical (unpaired) electrons. The van der Waals surface area contributed by atoms with Crippen LogP contribution in [0.5, 0.6) is 0 Å². The molecule has 1 amide bonds. The Balaban J connectivity index is 1.51. The number of carbonyl (C=O) groups excluding carboxylic acids is 2. The van der Waals surface area contributed by atoms with Crippen molar-refractivity contribution in [2.24, 2.45) is 23.7 Å². The molecular weight excluding hydrogens is 356 g/mol. The third-order valence-corrected chi connectivity index (χ3v) is 5.68. The molecule has 3 heterocycles. The fourth-order valence-electron chi connectivity index (χ4n) is 4.31. The number of amides is 1. The number of carbonyl (C=O) groups is 2. The average Bonchev–Trinajstić information content (AvgIpc) is 3.35. The second-order valence-electron chi connectivity index (χ2n) is 7.44. The lowest BCUT2D eigenvalue weighted by molar-refractivity contribution is -0.152. The van der Waals surface area contributed by atoms with Crippen molar-refractivity contribution in [2.45, 2.75) is 13.8 Å². The number of nitrogens with zero attached hydrogens (tertiary/aromatic N) is 3. The molecule has 7 nitrogen and oxygen atoms in total. The number of allylic oxidation sites excluding steroid dienone is 1. The van der Waals surface area contributed by atoms with E-state index in [2.05, 4.69) is 27.3 Å². The molecule has 0 spiro atoms. The number of likely N-dealkylation sites (tertiary alicyclic amines) is 1. The van der Waals surface area contributed by atoms with E-state index in [0.717, 1.165) is 0 Å². The topological polar surface area (TPSA) is 88.2 Å². The smallest absolute Gasteiger partial charge is 0.309 e. The van der Waals surface area contributed by atoms with Crippen LogP contribution in [0, 0.1) is 23.7 Å². The molecule has 1 aliphatic heterocycles. The molecule has 2 aliphatic rings. The Bertz CT molecular complexity index is 892. The number of aromatic nitrogens is 3. The van der Waals surface area contributed by atoms with E-state index in [1.54, 1.807) is 17.2 Å². The molecule has 0 saturated carbocycles. The van der Waals surface area contributed by atoms with Gasteiger partial charge in [0.25, 0.3) is 5.91 Å². The lowest BCUT2D eigenvalue weighted by Crippen LogP contribution is -2.37. The molecule has 1 N–H and O–H groups in total.